The first kappa shape index (κ1) is 15.8. The fourth-order valence-corrected chi connectivity index (χ4v) is 3.60. The summed E-state index contributed by atoms with van der Waals surface area (Å²) in [6, 6.07) is 5.15. The van der Waals surface area contributed by atoms with Gasteiger partial charge in [0, 0.05) is 17.1 Å². The molecule has 1 atom stereocenters. The van der Waals surface area contributed by atoms with Gasteiger partial charge in [0.2, 0.25) is 5.91 Å². The predicted molar refractivity (Wildman–Crippen MR) is 87.7 cm³/mol. The zero-order chi connectivity index (χ0) is 16.4. The lowest BCUT2D eigenvalue weighted by Crippen LogP contribution is -2.22. The molecule has 1 amide bonds. The number of amides is 1. The van der Waals surface area contributed by atoms with Crippen LogP contribution in [0.1, 0.15) is 6.92 Å². The number of thiophene rings is 1. The third-order valence-corrected chi connectivity index (χ3v) is 5.01. The van der Waals surface area contributed by atoms with Crippen molar-refractivity contribution in [3.8, 4) is 0 Å². The minimum atomic E-state index is -1.00. The molecule has 2 aromatic heterocycles. The maximum atomic E-state index is 13.2. The Morgan fingerprint density at radius 3 is 2.87 bits per heavy atom. The Hall–Kier alpha value is -2.06. The second-order valence-corrected chi connectivity index (χ2v) is 6.92. The molecule has 8 heteroatoms. The van der Waals surface area contributed by atoms with Gasteiger partial charge in [-0.1, -0.05) is 11.8 Å². The second kappa shape index (κ2) is 6.59. The molecular formula is C15H11F2N3OS2. The van der Waals surface area contributed by atoms with Crippen molar-refractivity contribution >= 4 is 44.9 Å². The minimum Gasteiger partial charge on any atom is -0.325 e. The van der Waals surface area contributed by atoms with Gasteiger partial charge >= 0.3 is 0 Å². The number of anilines is 1. The molecule has 0 radical (unpaired) electrons. The molecule has 0 saturated heterocycles. The summed E-state index contributed by atoms with van der Waals surface area (Å²) in [5.74, 6) is -2.27. The average molecular weight is 351 g/mol. The summed E-state index contributed by atoms with van der Waals surface area (Å²) in [5.41, 5.74) is 0.213. The summed E-state index contributed by atoms with van der Waals surface area (Å²) >= 11 is 2.79. The highest BCUT2D eigenvalue weighted by atomic mass is 32.2. The lowest BCUT2D eigenvalue weighted by molar-refractivity contribution is -0.115. The number of nitrogens with one attached hydrogen (secondary N) is 1. The molecule has 0 saturated carbocycles. The maximum absolute atomic E-state index is 13.2. The monoisotopic (exact) mass is 351 g/mol. The first-order valence-corrected chi connectivity index (χ1v) is 8.41. The molecule has 0 fully saturated rings. The van der Waals surface area contributed by atoms with E-state index in [1.54, 1.807) is 6.92 Å². The molecule has 0 spiro atoms. The number of carbonyl (C=O) groups is 1. The Balaban J connectivity index is 1.72. The van der Waals surface area contributed by atoms with Gasteiger partial charge in [-0.2, -0.15) is 0 Å². The van der Waals surface area contributed by atoms with E-state index in [4.69, 9.17) is 0 Å². The Morgan fingerprint density at radius 1 is 1.26 bits per heavy atom. The molecule has 118 valence electrons. The third-order valence-electron chi connectivity index (χ3n) is 3.07. The van der Waals surface area contributed by atoms with E-state index in [0.717, 1.165) is 22.3 Å². The number of hydrogen-bond donors (Lipinski definition) is 1. The van der Waals surface area contributed by atoms with Gasteiger partial charge in [0.25, 0.3) is 0 Å². The van der Waals surface area contributed by atoms with Crippen molar-refractivity contribution < 1.29 is 13.6 Å². The SMILES string of the molecule is C[C@H](Sc1ncnc2sccc12)C(=O)Nc1ccc(F)c(F)c1. The second-order valence-electron chi connectivity index (χ2n) is 4.70. The summed E-state index contributed by atoms with van der Waals surface area (Å²) in [7, 11) is 0. The van der Waals surface area contributed by atoms with E-state index in [9.17, 15) is 13.6 Å². The smallest absolute Gasteiger partial charge is 0.237 e. The molecule has 1 N–H and O–H groups in total. The van der Waals surface area contributed by atoms with E-state index in [1.807, 2.05) is 11.4 Å². The zero-order valence-electron chi connectivity index (χ0n) is 11.9. The van der Waals surface area contributed by atoms with Crippen LogP contribution in [0, 0.1) is 11.6 Å². The fraction of sp³-hybridized carbons (Fsp3) is 0.133. The van der Waals surface area contributed by atoms with Crippen molar-refractivity contribution in [3.05, 3.63) is 47.6 Å². The minimum absolute atomic E-state index is 0.213. The predicted octanol–water partition coefficient (Wildman–Crippen LogP) is 4.09. The van der Waals surface area contributed by atoms with Crippen molar-refractivity contribution in [2.24, 2.45) is 0 Å². The molecule has 2 heterocycles. The third kappa shape index (κ3) is 3.48. The van der Waals surface area contributed by atoms with Crippen molar-refractivity contribution in [1.82, 2.24) is 9.97 Å². The van der Waals surface area contributed by atoms with Gasteiger partial charge < -0.3 is 5.32 Å². The number of aromatic nitrogens is 2. The van der Waals surface area contributed by atoms with Gasteiger partial charge in [-0.3, -0.25) is 4.79 Å². The van der Waals surface area contributed by atoms with Crippen LogP contribution >= 0.6 is 23.1 Å². The molecule has 0 aliphatic heterocycles. The van der Waals surface area contributed by atoms with Crippen LogP contribution in [0.4, 0.5) is 14.5 Å². The fourth-order valence-electron chi connectivity index (χ4n) is 1.90. The summed E-state index contributed by atoms with van der Waals surface area (Å²) < 4.78 is 26.1. The van der Waals surface area contributed by atoms with Crippen LogP contribution in [0.25, 0.3) is 10.2 Å². The van der Waals surface area contributed by atoms with E-state index in [2.05, 4.69) is 15.3 Å². The van der Waals surface area contributed by atoms with E-state index >= 15 is 0 Å². The van der Waals surface area contributed by atoms with Crippen LogP contribution in [0.3, 0.4) is 0 Å². The number of fused-ring (bicyclic) bond motifs is 1. The number of carbonyl (C=O) groups excluding carboxylic acids is 1. The molecule has 0 aliphatic rings. The van der Waals surface area contributed by atoms with E-state index in [1.165, 1.54) is 35.5 Å². The number of nitrogens with zero attached hydrogens (tertiary/aromatic N) is 2. The first-order chi connectivity index (χ1) is 11.0. The van der Waals surface area contributed by atoms with E-state index in [-0.39, 0.29) is 11.6 Å². The van der Waals surface area contributed by atoms with Gasteiger partial charge in [0.15, 0.2) is 11.6 Å². The van der Waals surface area contributed by atoms with Gasteiger partial charge in [-0.05, 0) is 30.5 Å². The van der Waals surface area contributed by atoms with E-state index < -0.39 is 16.9 Å². The number of benzene rings is 1. The van der Waals surface area contributed by atoms with Gasteiger partial charge in [-0.25, -0.2) is 18.7 Å². The summed E-state index contributed by atoms with van der Waals surface area (Å²) in [6.45, 7) is 1.72. The molecule has 3 aromatic rings. The molecular weight excluding hydrogens is 340 g/mol. The lowest BCUT2D eigenvalue weighted by atomic mass is 10.3. The molecule has 1 aromatic carbocycles. The Bertz CT molecular complexity index is 869. The highest BCUT2D eigenvalue weighted by Gasteiger charge is 2.18. The Labute approximate surface area is 139 Å². The summed E-state index contributed by atoms with van der Waals surface area (Å²) in [5, 5.41) is 5.63. The molecule has 0 unspecified atom stereocenters. The highest BCUT2D eigenvalue weighted by Crippen LogP contribution is 2.30. The number of hydrogen-bond acceptors (Lipinski definition) is 5. The van der Waals surface area contributed by atoms with Crippen LogP contribution in [-0.4, -0.2) is 21.1 Å². The quantitative estimate of drug-likeness (QED) is 0.568. The average Bonchev–Trinajstić information content (AvgIpc) is 3.00. The maximum Gasteiger partial charge on any atom is 0.237 e. The van der Waals surface area contributed by atoms with Gasteiger partial charge in [0.05, 0.1) is 5.25 Å². The van der Waals surface area contributed by atoms with Crippen LogP contribution in [0.15, 0.2) is 41.0 Å². The number of thioether (sulfide) groups is 1. The molecule has 23 heavy (non-hydrogen) atoms. The largest absolute Gasteiger partial charge is 0.325 e. The normalized spacial score (nSPS) is 12.3. The Kier molecular flexibility index (Phi) is 4.53. The lowest BCUT2D eigenvalue weighted by Gasteiger charge is -2.12. The van der Waals surface area contributed by atoms with E-state index in [0.29, 0.717) is 5.03 Å². The van der Waals surface area contributed by atoms with Crippen LogP contribution in [0.5, 0.6) is 0 Å². The van der Waals surface area contributed by atoms with Crippen molar-refractivity contribution in [1.29, 1.82) is 0 Å². The molecule has 4 nitrogen and oxygen atoms in total. The zero-order valence-corrected chi connectivity index (χ0v) is 13.5. The molecule has 0 bridgehead atoms. The van der Waals surface area contributed by atoms with Crippen molar-refractivity contribution in [3.63, 3.8) is 0 Å². The van der Waals surface area contributed by atoms with Gasteiger partial charge in [-0.15, -0.1) is 11.3 Å². The standard InChI is InChI=1S/C15H11F2N3OS2/c1-8(13(21)20-9-2-3-11(16)12(17)6-9)23-15-10-4-5-22-14(10)18-7-19-15/h2-8H,1H3,(H,20,21)/t8-/m0/s1. The molecule has 3 rings (SSSR count). The molecule has 0 aliphatic carbocycles. The van der Waals surface area contributed by atoms with Crippen LogP contribution < -0.4 is 5.32 Å². The Morgan fingerprint density at radius 2 is 2.09 bits per heavy atom. The first-order valence-electron chi connectivity index (χ1n) is 6.65. The number of halogens is 2. The van der Waals surface area contributed by atoms with Gasteiger partial charge in [0.1, 0.15) is 16.2 Å². The van der Waals surface area contributed by atoms with Crippen LogP contribution in [-0.2, 0) is 4.79 Å². The van der Waals surface area contributed by atoms with Crippen molar-refractivity contribution in [2.75, 3.05) is 5.32 Å². The topological polar surface area (TPSA) is 54.9 Å². The summed E-state index contributed by atoms with van der Waals surface area (Å²) in [6.07, 6.45) is 1.46. The summed E-state index contributed by atoms with van der Waals surface area (Å²) in [4.78, 5) is 21.4. The highest BCUT2D eigenvalue weighted by molar-refractivity contribution is 8.00. The van der Waals surface area contributed by atoms with Crippen molar-refractivity contribution in [2.45, 2.75) is 17.2 Å². The number of rotatable bonds is 4. The van der Waals surface area contributed by atoms with Crippen LogP contribution in [0.2, 0.25) is 0 Å².